The molecule has 188 valence electrons. The van der Waals surface area contributed by atoms with Gasteiger partial charge in [-0.3, -0.25) is 0 Å². The van der Waals surface area contributed by atoms with Gasteiger partial charge in [0.1, 0.15) is 23.7 Å². The van der Waals surface area contributed by atoms with E-state index in [-0.39, 0.29) is 33.7 Å². The molecule has 2 aromatic carbocycles. The van der Waals surface area contributed by atoms with E-state index in [1.165, 1.54) is 25.2 Å². The van der Waals surface area contributed by atoms with Gasteiger partial charge in [-0.25, -0.2) is 23.1 Å². The fourth-order valence-corrected chi connectivity index (χ4v) is 3.46. The number of hydrogen-bond acceptors (Lipinski definition) is 7. The molecule has 35 heavy (non-hydrogen) atoms. The van der Waals surface area contributed by atoms with Crippen LogP contribution < -0.4 is 20.1 Å². The average Bonchev–Trinajstić information content (AvgIpc) is 2.77. The Labute approximate surface area is 195 Å². The van der Waals surface area contributed by atoms with Gasteiger partial charge in [0, 0.05) is 11.8 Å². The molecule has 0 radical (unpaired) electrons. The number of halogens is 6. The number of nitrogens with one attached hydrogen (secondary N) is 3. The summed E-state index contributed by atoms with van der Waals surface area (Å²) in [7, 11) is -2.76. The molecule has 0 amide bonds. The average molecular weight is 521 g/mol. The van der Waals surface area contributed by atoms with Crippen LogP contribution in [0, 0.1) is 0 Å². The second kappa shape index (κ2) is 9.95. The van der Waals surface area contributed by atoms with Crippen LogP contribution in [-0.2, 0) is 16.2 Å². The summed E-state index contributed by atoms with van der Waals surface area (Å²) in [6.45, 7) is -1.62. The summed E-state index contributed by atoms with van der Waals surface area (Å²) in [4.78, 5) is 7.62. The van der Waals surface area contributed by atoms with Crippen molar-refractivity contribution in [3.63, 3.8) is 0 Å². The van der Waals surface area contributed by atoms with Crippen molar-refractivity contribution in [2.45, 2.75) is 17.2 Å². The van der Waals surface area contributed by atoms with E-state index >= 15 is 0 Å². The molecule has 0 bridgehead atoms. The highest BCUT2D eigenvalue weighted by atomic mass is 32.2. The number of benzene rings is 2. The van der Waals surface area contributed by atoms with Crippen molar-refractivity contribution in [1.29, 1.82) is 0 Å². The Kier molecular flexibility index (Phi) is 7.40. The second-order valence-electron chi connectivity index (χ2n) is 6.88. The van der Waals surface area contributed by atoms with Crippen LogP contribution in [0.5, 0.6) is 5.75 Å². The van der Waals surface area contributed by atoms with E-state index in [1.807, 2.05) is 0 Å². The smallest absolute Gasteiger partial charge is 0.422 e. The van der Waals surface area contributed by atoms with Gasteiger partial charge >= 0.3 is 12.4 Å². The van der Waals surface area contributed by atoms with Crippen molar-refractivity contribution >= 4 is 33.0 Å². The Balaban J connectivity index is 1.87. The summed E-state index contributed by atoms with van der Waals surface area (Å²) in [5.74, 6) is -0.127. The van der Waals surface area contributed by atoms with Crippen LogP contribution in [0.25, 0.3) is 0 Å². The number of hydrogen-bond donors (Lipinski definition) is 3. The minimum atomic E-state index is -4.64. The van der Waals surface area contributed by atoms with Crippen LogP contribution in [0.2, 0.25) is 0 Å². The first-order valence-corrected chi connectivity index (χ1v) is 11.1. The maximum absolute atomic E-state index is 12.7. The molecule has 3 N–H and O–H groups in total. The zero-order valence-electron chi connectivity index (χ0n) is 17.7. The largest absolute Gasteiger partial charge is 0.482 e. The predicted molar refractivity (Wildman–Crippen MR) is 114 cm³/mol. The standard InChI is InChI=1S/C20H17F6N5O3S/c1-27-35(32,33)14-6-7-16(34-10-19(21,22)23)15(8-14)31-18-9-17(28-11-29-18)30-13-4-2-12(3-5-13)20(24,25)26/h2-9,11,27H,10H2,1H3,(H2,28,29,30,31). The number of rotatable bonds is 8. The van der Waals surface area contributed by atoms with Gasteiger partial charge in [-0.2, -0.15) is 26.3 Å². The summed E-state index contributed by atoms with van der Waals surface area (Å²) < 4.78 is 107. The number of sulfonamides is 1. The molecule has 8 nitrogen and oxygen atoms in total. The topological polar surface area (TPSA) is 105 Å². The molecule has 0 fully saturated rings. The first-order chi connectivity index (χ1) is 16.3. The molecule has 1 aromatic heterocycles. The Morgan fingerprint density at radius 2 is 1.51 bits per heavy atom. The molecular formula is C20H17F6N5O3S. The monoisotopic (exact) mass is 521 g/mol. The number of nitrogens with zero attached hydrogens (tertiary/aromatic N) is 2. The number of aromatic nitrogens is 2. The van der Waals surface area contributed by atoms with Gasteiger partial charge < -0.3 is 15.4 Å². The molecule has 0 saturated heterocycles. The highest BCUT2D eigenvalue weighted by Gasteiger charge is 2.30. The fraction of sp³-hybridized carbons (Fsp3) is 0.200. The SMILES string of the molecule is CNS(=O)(=O)c1ccc(OCC(F)(F)F)c(Nc2cc(Nc3ccc(C(F)(F)F)cc3)ncn2)c1. The first-order valence-electron chi connectivity index (χ1n) is 9.57. The van der Waals surface area contributed by atoms with E-state index in [1.54, 1.807) is 0 Å². The third-order valence-electron chi connectivity index (χ3n) is 4.34. The molecular weight excluding hydrogens is 504 g/mol. The van der Waals surface area contributed by atoms with E-state index in [9.17, 15) is 34.8 Å². The summed E-state index contributed by atoms with van der Waals surface area (Å²) in [5.41, 5.74) is -0.695. The predicted octanol–water partition coefficient (Wildman–Crippen LogP) is 4.83. The van der Waals surface area contributed by atoms with Gasteiger partial charge in [0.2, 0.25) is 10.0 Å². The quantitative estimate of drug-likeness (QED) is 0.365. The first kappa shape index (κ1) is 26.0. The Morgan fingerprint density at radius 3 is 2.09 bits per heavy atom. The van der Waals surface area contributed by atoms with Crippen LogP contribution in [0.1, 0.15) is 5.56 Å². The van der Waals surface area contributed by atoms with Gasteiger partial charge in [0.15, 0.2) is 6.61 Å². The van der Waals surface area contributed by atoms with E-state index in [4.69, 9.17) is 4.74 Å². The third kappa shape index (κ3) is 7.19. The molecule has 15 heteroatoms. The Bertz CT molecular complexity index is 1280. The number of anilines is 4. The fourth-order valence-electron chi connectivity index (χ4n) is 2.70. The van der Waals surface area contributed by atoms with Crippen LogP contribution in [0.4, 0.5) is 49.4 Å². The molecule has 0 aliphatic heterocycles. The van der Waals surface area contributed by atoms with E-state index in [0.717, 1.165) is 36.7 Å². The zero-order chi connectivity index (χ0) is 25.9. The number of alkyl halides is 6. The van der Waals surface area contributed by atoms with Crippen molar-refractivity contribution in [2.75, 3.05) is 24.3 Å². The summed E-state index contributed by atoms with van der Waals surface area (Å²) in [5, 5.41) is 5.44. The minimum Gasteiger partial charge on any atom is -0.482 e. The van der Waals surface area contributed by atoms with E-state index < -0.39 is 34.5 Å². The lowest BCUT2D eigenvalue weighted by Crippen LogP contribution is -2.20. The minimum absolute atomic E-state index is 0.0327. The van der Waals surface area contributed by atoms with Crippen molar-refractivity contribution in [3.8, 4) is 5.75 Å². The summed E-state index contributed by atoms with van der Waals surface area (Å²) in [6.07, 6.45) is -8.05. The lowest BCUT2D eigenvalue weighted by molar-refractivity contribution is -0.153. The maximum atomic E-state index is 12.7. The molecule has 0 spiro atoms. The van der Waals surface area contributed by atoms with Crippen molar-refractivity contribution < 1.29 is 39.5 Å². The molecule has 3 rings (SSSR count). The Morgan fingerprint density at radius 1 is 0.886 bits per heavy atom. The zero-order valence-corrected chi connectivity index (χ0v) is 18.5. The molecule has 3 aromatic rings. The maximum Gasteiger partial charge on any atom is 0.422 e. The summed E-state index contributed by atoms with van der Waals surface area (Å²) in [6, 6.07) is 8.62. The molecule has 0 aliphatic carbocycles. The van der Waals surface area contributed by atoms with Gasteiger partial charge in [0.05, 0.1) is 16.1 Å². The van der Waals surface area contributed by atoms with Crippen molar-refractivity contribution in [1.82, 2.24) is 14.7 Å². The molecule has 1 heterocycles. The van der Waals surface area contributed by atoms with Gasteiger partial charge in [-0.05, 0) is 49.5 Å². The highest BCUT2D eigenvalue weighted by Crippen LogP contribution is 2.33. The van der Waals surface area contributed by atoms with Crippen LogP contribution >= 0.6 is 0 Å². The van der Waals surface area contributed by atoms with E-state index in [2.05, 4.69) is 25.3 Å². The molecule has 0 unspecified atom stereocenters. The van der Waals surface area contributed by atoms with Crippen LogP contribution in [0.3, 0.4) is 0 Å². The third-order valence-corrected chi connectivity index (χ3v) is 5.75. The van der Waals surface area contributed by atoms with Gasteiger partial charge in [-0.1, -0.05) is 0 Å². The lowest BCUT2D eigenvalue weighted by Gasteiger charge is -2.16. The molecule has 0 saturated carbocycles. The van der Waals surface area contributed by atoms with Gasteiger partial charge in [-0.15, -0.1) is 0 Å². The Hall–Kier alpha value is -3.59. The summed E-state index contributed by atoms with van der Waals surface area (Å²) >= 11 is 0. The highest BCUT2D eigenvalue weighted by molar-refractivity contribution is 7.89. The lowest BCUT2D eigenvalue weighted by atomic mass is 10.2. The van der Waals surface area contributed by atoms with Crippen LogP contribution in [0.15, 0.2) is 59.8 Å². The van der Waals surface area contributed by atoms with Crippen molar-refractivity contribution in [3.05, 3.63) is 60.4 Å². The van der Waals surface area contributed by atoms with Crippen molar-refractivity contribution in [2.24, 2.45) is 0 Å². The molecule has 0 aliphatic rings. The van der Waals surface area contributed by atoms with Gasteiger partial charge in [0.25, 0.3) is 0 Å². The number of ether oxygens (including phenoxy) is 1. The van der Waals surface area contributed by atoms with Crippen LogP contribution in [-0.4, -0.2) is 38.2 Å². The molecule has 0 atom stereocenters. The normalized spacial score (nSPS) is 12.3. The van der Waals surface area contributed by atoms with E-state index in [0.29, 0.717) is 0 Å². The second-order valence-corrected chi connectivity index (χ2v) is 8.77.